The molecule has 0 aliphatic heterocycles. The van der Waals surface area contributed by atoms with Gasteiger partial charge in [0, 0.05) is 13.2 Å². The van der Waals surface area contributed by atoms with Crippen LogP contribution in [-0.2, 0) is 14.3 Å². The van der Waals surface area contributed by atoms with E-state index in [1.54, 1.807) is 0 Å². The Morgan fingerprint density at radius 3 is 2.50 bits per heavy atom. The van der Waals surface area contributed by atoms with Crippen molar-refractivity contribution in [3.05, 3.63) is 12.7 Å². The van der Waals surface area contributed by atoms with E-state index in [9.17, 15) is 9.18 Å². The Labute approximate surface area is 59.4 Å². The van der Waals surface area contributed by atoms with Gasteiger partial charge >= 0.3 is 5.97 Å². The van der Waals surface area contributed by atoms with Crippen LogP contribution in [0.4, 0.5) is 4.39 Å². The van der Waals surface area contributed by atoms with E-state index in [1.165, 1.54) is 7.11 Å². The maximum atomic E-state index is 10.2. The summed E-state index contributed by atoms with van der Waals surface area (Å²) in [7, 11) is 1.94. The summed E-state index contributed by atoms with van der Waals surface area (Å²) in [6.45, 7) is 3.17. The molecular formula is C6H11FO3. The van der Waals surface area contributed by atoms with E-state index in [4.69, 9.17) is 0 Å². The molecule has 0 saturated carbocycles. The number of halogens is 1. The van der Waals surface area contributed by atoms with Gasteiger partial charge in [-0.2, -0.15) is 0 Å². The maximum absolute atomic E-state index is 10.2. The molecule has 0 fully saturated rings. The van der Waals surface area contributed by atoms with Gasteiger partial charge in [0.05, 0.1) is 7.18 Å². The molecule has 0 N–H and O–H groups in total. The summed E-state index contributed by atoms with van der Waals surface area (Å²) in [5, 5.41) is 0. The Hall–Kier alpha value is -0.900. The van der Waals surface area contributed by atoms with Crippen molar-refractivity contribution in [2.75, 3.05) is 21.1 Å². The van der Waals surface area contributed by atoms with Crippen molar-refractivity contribution in [2.45, 2.75) is 0 Å². The molecule has 3 nitrogen and oxygen atoms in total. The number of methoxy groups -OCH3 is 1. The molecule has 4 heteroatoms. The topological polar surface area (TPSA) is 35.5 Å². The Morgan fingerprint density at radius 1 is 1.70 bits per heavy atom. The first-order valence-corrected chi connectivity index (χ1v) is 2.47. The first-order chi connectivity index (χ1) is 4.81. The molecule has 0 aliphatic carbocycles. The molecule has 0 radical (unpaired) electrons. The molecule has 0 unspecified atom stereocenters. The SMILES string of the molecule is C=CC(=O)OCOC.CF. The lowest BCUT2D eigenvalue weighted by molar-refractivity contribution is -0.147. The normalized spacial score (nSPS) is 7.10. The van der Waals surface area contributed by atoms with Crippen LogP contribution in [0, 0.1) is 0 Å². The average Bonchev–Trinajstić information content (AvgIpc) is 2.04. The van der Waals surface area contributed by atoms with Gasteiger partial charge < -0.3 is 9.47 Å². The standard InChI is InChI=1S/C5H8O3.CH3F/c1-3-5(6)8-4-7-2;1-2/h3H,1,4H2,2H3;1H3. The number of rotatable bonds is 3. The van der Waals surface area contributed by atoms with Crippen LogP contribution in [-0.4, -0.2) is 27.0 Å². The molecule has 0 spiro atoms. The minimum Gasteiger partial charge on any atom is -0.435 e. The van der Waals surface area contributed by atoms with Crippen molar-refractivity contribution in [1.82, 2.24) is 0 Å². The zero-order chi connectivity index (χ0) is 8.41. The molecule has 0 saturated heterocycles. The summed E-state index contributed by atoms with van der Waals surface area (Å²) >= 11 is 0. The number of alkyl halides is 1. The third-order valence-electron chi connectivity index (χ3n) is 0.486. The summed E-state index contributed by atoms with van der Waals surface area (Å²) in [6.07, 6.45) is 1.08. The molecule has 0 aromatic carbocycles. The van der Waals surface area contributed by atoms with Crippen LogP contribution in [0.15, 0.2) is 12.7 Å². The number of hydrogen-bond acceptors (Lipinski definition) is 3. The van der Waals surface area contributed by atoms with Crippen LogP contribution in [0.5, 0.6) is 0 Å². The molecule has 0 bridgehead atoms. The number of carbonyl (C=O) groups is 1. The zero-order valence-corrected chi connectivity index (χ0v) is 6.09. The van der Waals surface area contributed by atoms with E-state index < -0.39 is 5.97 Å². The van der Waals surface area contributed by atoms with E-state index in [0.29, 0.717) is 7.18 Å². The highest BCUT2D eigenvalue weighted by atomic mass is 19.1. The fourth-order valence-electron chi connectivity index (χ4n) is 0.176. The predicted molar refractivity (Wildman–Crippen MR) is 35.2 cm³/mol. The molecule has 0 aliphatic rings. The fraction of sp³-hybridized carbons (Fsp3) is 0.500. The summed E-state index contributed by atoms with van der Waals surface area (Å²) < 4.78 is 18.3. The van der Waals surface area contributed by atoms with Crippen molar-refractivity contribution in [1.29, 1.82) is 0 Å². The monoisotopic (exact) mass is 150 g/mol. The van der Waals surface area contributed by atoms with Gasteiger partial charge in [0.15, 0.2) is 6.79 Å². The second-order valence-corrected chi connectivity index (χ2v) is 1.07. The largest absolute Gasteiger partial charge is 0.435 e. The van der Waals surface area contributed by atoms with Crippen LogP contribution >= 0.6 is 0 Å². The van der Waals surface area contributed by atoms with Crippen molar-refractivity contribution in [2.24, 2.45) is 0 Å². The Balaban J connectivity index is 0. The highest BCUT2D eigenvalue weighted by Gasteiger charge is 1.89. The number of carbonyl (C=O) groups excluding carboxylic acids is 1. The van der Waals surface area contributed by atoms with Crippen molar-refractivity contribution < 1.29 is 18.7 Å². The Morgan fingerprint density at radius 2 is 2.20 bits per heavy atom. The lowest BCUT2D eigenvalue weighted by Gasteiger charge is -1.95. The lowest BCUT2D eigenvalue weighted by Crippen LogP contribution is -2.02. The third kappa shape index (κ3) is 10.2. The quantitative estimate of drug-likeness (QED) is 0.340. The first kappa shape index (κ1) is 11.8. The highest BCUT2D eigenvalue weighted by molar-refractivity contribution is 5.81. The van der Waals surface area contributed by atoms with Gasteiger partial charge in [-0.15, -0.1) is 0 Å². The van der Waals surface area contributed by atoms with Gasteiger partial charge in [0.1, 0.15) is 0 Å². The second kappa shape index (κ2) is 11.0. The molecule has 0 rings (SSSR count). The van der Waals surface area contributed by atoms with E-state index in [-0.39, 0.29) is 6.79 Å². The van der Waals surface area contributed by atoms with Crippen molar-refractivity contribution in [3.63, 3.8) is 0 Å². The van der Waals surface area contributed by atoms with Crippen LogP contribution in [0.25, 0.3) is 0 Å². The molecule has 0 heterocycles. The van der Waals surface area contributed by atoms with Gasteiger partial charge in [0.2, 0.25) is 0 Å². The summed E-state index contributed by atoms with van der Waals surface area (Å²) in [5.74, 6) is -0.466. The van der Waals surface area contributed by atoms with Gasteiger partial charge in [0.25, 0.3) is 0 Å². The van der Waals surface area contributed by atoms with E-state index in [1.807, 2.05) is 0 Å². The smallest absolute Gasteiger partial charge is 0.332 e. The first-order valence-electron chi connectivity index (χ1n) is 2.47. The third-order valence-corrected chi connectivity index (χ3v) is 0.486. The Bertz CT molecular complexity index is 93.0. The number of ether oxygens (including phenoxy) is 2. The van der Waals surface area contributed by atoms with Crippen LogP contribution in [0.2, 0.25) is 0 Å². The maximum Gasteiger partial charge on any atom is 0.332 e. The van der Waals surface area contributed by atoms with E-state index in [0.717, 1.165) is 6.08 Å². The molecule has 0 aromatic heterocycles. The average molecular weight is 150 g/mol. The van der Waals surface area contributed by atoms with E-state index >= 15 is 0 Å². The fourth-order valence-corrected chi connectivity index (χ4v) is 0.176. The van der Waals surface area contributed by atoms with Crippen LogP contribution in [0.1, 0.15) is 0 Å². The number of hydrogen-bond donors (Lipinski definition) is 0. The predicted octanol–water partition coefficient (Wildman–Crippen LogP) is 0.905. The minimum atomic E-state index is -0.466. The minimum absolute atomic E-state index is 0.00907. The molecule has 0 aromatic rings. The van der Waals surface area contributed by atoms with Gasteiger partial charge in [-0.25, -0.2) is 4.79 Å². The second-order valence-electron chi connectivity index (χ2n) is 1.07. The zero-order valence-electron chi connectivity index (χ0n) is 6.09. The van der Waals surface area contributed by atoms with Gasteiger partial charge in [-0.05, 0) is 0 Å². The molecular weight excluding hydrogens is 139 g/mol. The molecule has 60 valence electrons. The molecule has 0 amide bonds. The van der Waals surface area contributed by atoms with E-state index in [2.05, 4.69) is 16.1 Å². The van der Waals surface area contributed by atoms with Gasteiger partial charge in [-0.1, -0.05) is 6.58 Å². The van der Waals surface area contributed by atoms with Gasteiger partial charge in [-0.3, -0.25) is 4.39 Å². The molecule has 10 heavy (non-hydrogen) atoms. The number of esters is 1. The summed E-state index contributed by atoms with van der Waals surface area (Å²) in [5.41, 5.74) is 0. The summed E-state index contributed by atoms with van der Waals surface area (Å²) in [4.78, 5) is 10.2. The lowest BCUT2D eigenvalue weighted by atomic mass is 10.7. The highest BCUT2D eigenvalue weighted by Crippen LogP contribution is 1.76. The Kier molecular flexibility index (Phi) is 13.0. The summed E-state index contributed by atoms with van der Waals surface area (Å²) in [6, 6.07) is 0. The molecule has 0 atom stereocenters. The van der Waals surface area contributed by atoms with Crippen LogP contribution in [0.3, 0.4) is 0 Å². The van der Waals surface area contributed by atoms with Crippen molar-refractivity contribution in [3.8, 4) is 0 Å². The van der Waals surface area contributed by atoms with Crippen molar-refractivity contribution >= 4 is 5.97 Å². The van der Waals surface area contributed by atoms with Crippen LogP contribution < -0.4 is 0 Å².